The summed E-state index contributed by atoms with van der Waals surface area (Å²) in [6.07, 6.45) is 0. The lowest BCUT2D eigenvalue weighted by Gasteiger charge is -2.20. The predicted octanol–water partition coefficient (Wildman–Crippen LogP) is 10.0. The Kier molecular flexibility index (Phi) is 7.34. The molecule has 0 spiro atoms. The van der Waals surface area contributed by atoms with Gasteiger partial charge in [0.05, 0.1) is 16.0 Å². The molecule has 2 N–H and O–H groups in total. The van der Waals surface area contributed by atoms with Crippen molar-refractivity contribution in [2.75, 3.05) is 26.4 Å². The van der Waals surface area contributed by atoms with Gasteiger partial charge in [-0.3, -0.25) is 0 Å². The Morgan fingerprint density at radius 1 is 0.458 bits per heavy atom. The van der Waals surface area contributed by atoms with Crippen LogP contribution in [-0.2, 0) is 0 Å². The lowest BCUT2D eigenvalue weighted by atomic mass is 9.89. The summed E-state index contributed by atoms with van der Waals surface area (Å²) in [5.41, 5.74) is 5.24. The number of benzene rings is 8. The number of rotatable bonds is 9. The molecule has 0 aliphatic carbocycles. The van der Waals surface area contributed by atoms with E-state index in [0.717, 1.165) is 60.0 Å². The van der Waals surface area contributed by atoms with Crippen molar-refractivity contribution in [1.29, 1.82) is 0 Å². The molecular weight excluding hydrogens is 592 g/mol. The van der Waals surface area contributed by atoms with Crippen molar-refractivity contribution in [3.8, 4) is 44.9 Å². The third-order valence-electron chi connectivity index (χ3n) is 8.92. The summed E-state index contributed by atoms with van der Waals surface area (Å²) < 4.78 is 31.2. The molecule has 0 unspecified atom stereocenters. The SMILES string of the molecule is [2H]c1ccc2ccc(-c3cccc4ccccc34)cc2c1-c1c([2H])c(OCCO)c(OCCO)c2ccc(-c3cccc4ccccc34)cc12. The molecule has 0 radical (unpaired) electrons. The van der Waals surface area contributed by atoms with Gasteiger partial charge in [-0.05, 0) is 95.3 Å². The first kappa shape index (κ1) is 27.4. The first-order valence-corrected chi connectivity index (χ1v) is 16.1. The molecule has 0 amide bonds. The highest BCUT2D eigenvalue weighted by molar-refractivity contribution is 6.11. The summed E-state index contributed by atoms with van der Waals surface area (Å²) in [6.45, 7) is -0.518. The maximum Gasteiger partial charge on any atom is 0.169 e. The van der Waals surface area contributed by atoms with E-state index in [2.05, 4.69) is 78.9 Å². The molecule has 0 heterocycles. The number of aliphatic hydroxyl groups excluding tert-OH is 2. The fourth-order valence-corrected chi connectivity index (χ4v) is 6.75. The van der Waals surface area contributed by atoms with Gasteiger partial charge in [0.1, 0.15) is 13.2 Å². The van der Waals surface area contributed by atoms with Crippen LogP contribution in [0.5, 0.6) is 11.5 Å². The van der Waals surface area contributed by atoms with Crippen LogP contribution in [0, 0.1) is 0 Å². The van der Waals surface area contributed by atoms with E-state index in [0.29, 0.717) is 22.3 Å². The molecule has 8 aromatic carbocycles. The molecular formula is C44H34O4. The molecule has 0 saturated heterocycles. The summed E-state index contributed by atoms with van der Waals surface area (Å²) in [7, 11) is 0. The molecule has 0 atom stereocenters. The smallest absolute Gasteiger partial charge is 0.169 e. The Bertz CT molecular complexity index is 2550. The van der Waals surface area contributed by atoms with Crippen LogP contribution in [0.15, 0.2) is 146 Å². The third-order valence-corrected chi connectivity index (χ3v) is 8.92. The lowest BCUT2D eigenvalue weighted by Crippen LogP contribution is -2.07. The molecule has 8 aromatic rings. The van der Waals surface area contributed by atoms with Crippen molar-refractivity contribution >= 4 is 43.1 Å². The van der Waals surface area contributed by atoms with Gasteiger partial charge >= 0.3 is 0 Å². The van der Waals surface area contributed by atoms with Gasteiger partial charge in [0.15, 0.2) is 11.5 Å². The second-order valence-corrected chi connectivity index (χ2v) is 11.8. The van der Waals surface area contributed by atoms with E-state index in [9.17, 15) is 13.0 Å². The van der Waals surface area contributed by atoms with Crippen molar-refractivity contribution < 1.29 is 22.4 Å². The van der Waals surface area contributed by atoms with Crippen LogP contribution in [0.1, 0.15) is 2.74 Å². The molecule has 4 heteroatoms. The highest BCUT2D eigenvalue weighted by Gasteiger charge is 2.19. The highest BCUT2D eigenvalue weighted by Crippen LogP contribution is 2.46. The van der Waals surface area contributed by atoms with E-state index >= 15 is 0 Å². The quantitative estimate of drug-likeness (QED) is 0.167. The number of fused-ring (bicyclic) bond motifs is 4. The molecule has 48 heavy (non-hydrogen) atoms. The Hall–Kier alpha value is -5.68. The average Bonchev–Trinajstić information content (AvgIpc) is 3.16. The lowest BCUT2D eigenvalue weighted by molar-refractivity contribution is 0.179. The number of hydrogen-bond donors (Lipinski definition) is 2. The number of hydrogen-bond acceptors (Lipinski definition) is 4. The minimum atomic E-state index is -0.251. The summed E-state index contributed by atoms with van der Waals surface area (Å²) in [5, 5.41) is 27.1. The monoisotopic (exact) mass is 628 g/mol. The molecule has 4 nitrogen and oxygen atoms in total. The van der Waals surface area contributed by atoms with Gasteiger partial charge in [-0.15, -0.1) is 0 Å². The van der Waals surface area contributed by atoms with Crippen molar-refractivity contribution in [2.45, 2.75) is 0 Å². The van der Waals surface area contributed by atoms with Gasteiger partial charge in [0.25, 0.3) is 0 Å². The van der Waals surface area contributed by atoms with Crippen LogP contribution in [0.2, 0.25) is 0 Å². The number of aliphatic hydroxyl groups is 2. The zero-order chi connectivity index (χ0) is 34.2. The Balaban J connectivity index is 1.46. The van der Waals surface area contributed by atoms with Crippen LogP contribution in [-0.4, -0.2) is 36.6 Å². The first-order valence-electron chi connectivity index (χ1n) is 17.1. The van der Waals surface area contributed by atoms with E-state index < -0.39 is 0 Å². The van der Waals surface area contributed by atoms with Crippen molar-refractivity contribution in [2.24, 2.45) is 0 Å². The van der Waals surface area contributed by atoms with E-state index in [1.807, 2.05) is 48.5 Å². The maximum atomic E-state index is 9.74. The molecule has 0 aliphatic rings. The highest BCUT2D eigenvalue weighted by atomic mass is 16.5. The molecule has 8 rings (SSSR count). The summed E-state index contributed by atoms with van der Waals surface area (Å²) in [4.78, 5) is 0. The molecule has 0 saturated carbocycles. The average molecular weight is 629 g/mol. The van der Waals surface area contributed by atoms with E-state index in [4.69, 9.17) is 9.47 Å². The largest absolute Gasteiger partial charge is 0.487 e. The van der Waals surface area contributed by atoms with E-state index in [1.165, 1.54) is 0 Å². The normalized spacial score (nSPS) is 12.0. The summed E-state index contributed by atoms with van der Waals surface area (Å²) >= 11 is 0. The van der Waals surface area contributed by atoms with Crippen LogP contribution in [0.25, 0.3) is 76.5 Å². The number of ether oxygens (including phenoxy) is 2. The van der Waals surface area contributed by atoms with Crippen LogP contribution < -0.4 is 9.47 Å². The van der Waals surface area contributed by atoms with Crippen molar-refractivity contribution in [1.82, 2.24) is 0 Å². The Morgan fingerprint density at radius 2 is 1.02 bits per heavy atom. The van der Waals surface area contributed by atoms with Gasteiger partial charge in [-0.1, -0.05) is 121 Å². The van der Waals surface area contributed by atoms with Gasteiger partial charge in [-0.25, -0.2) is 0 Å². The zero-order valence-corrected chi connectivity index (χ0v) is 26.2. The summed E-state index contributed by atoms with van der Waals surface area (Å²) in [5.74, 6) is 0.485. The second-order valence-electron chi connectivity index (χ2n) is 11.8. The molecule has 0 bridgehead atoms. The van der Waals surface area contributed by atoms with Gasteiger partial charge in [-0.2, -0.15) is 0 Å². The molecule has 0 aromatic heterocycles. The van der Waals surface area contributed by atoms with E-state index in [1.54, 1.807) is 6.07 Å². The first-order chi connectivity index (χ1) is 24.6. The minimum absolute atomic E-state index is 0.000794. The van der Waals surface area contributed by atoms with Gasteiger partial charge in [0.2, 0.25) is 0 Å². The summed E-state index contributed by atoms with van der Waals surface area (Å²) in [6, 6.07) is 45.5. The standard InChI is InChI=1S/C44H34O4/c45-22-24-47-43-28-42(38-17-7-12-31-18-19-32(26-40(31)38)36-15-5-10-29-8-1-3-13-34(29)36)41-27-33(20-21-39(41)44(43)48-25-23-46)37-16-6-11-30-9-2-4-14-35(30)37/h1-21,26-28,45-46H,22-25H2/i17D,28D. The Morgan fingerprint density at radius 3 is 1.71 bits per heavy atom. The molecule has 234 valence electrons. The van der Waals surface area contributed by atoms with Gasteiger partial charge < -0.3 is 19.7 Å². The van der Waals surface area contributed by atoms with Crippen molar-refractivity contribution in [3.05, 3.63) is 146 Å². The van der Waals surface area contributed by atoms with Crippen LogP contribution in [0.4, 0.5) is 0 Å². The minimum Gasteiger partial charge on any atom is -0.487 e. The third kappa shape index (κ3) is 5.31. The molecule has 0 aliphatic heterocycles. The molecule has 0 fully saturated rings. The topological polar surface area (TPSA) is 58.9 Å². The fraction of sp³-hybridized carbons (Fsp3) is 0.0909. The van der Waals surface area contributed by atoms with Crippen LogP contribution >= 0.6 is 0 Å². The maximum absolute atomic E-state index is 9.74. The zero-order valence-electron chi connectivity index (χ0n) is 28.2. The Labute approximate surface area is 281 Å². The fourth-order valence-electron chi connectivity index (χ4n) is 6.75. The second kappa shape index (κ2) is 12.8. The van der Waals surface area contributed by atoms with Crippen molar-refractivity contribution in [3.63, 3.8) is 0 Å². The van der Waals surface area contributed by atoms with Gasteiger partial charge in [0, 0.05) is 5.39 Å². The van der Waals surface area contributed by atoms with E-state index in [-0.39, 0.29) is 44.3 Å². The van der Waals surface area contributed by atoms with Crippen LogP contribution in [0.3, 0.4) is 0 Å². The predicted molar refractivity (Wildman–Crippen MR) is 198 cm³/mol.